The second kappa shape index (κ2) is 4.32. The Balaban J connectivity index is 3.09. The van der Waals surface area contributed by atoms with E-state index in [1.165, 1.54) is 0 Å². The predicted molar refractivity (Wildman–Crippen MR) is 54.2 cm³/mol. The molecule has 1 rings (SSSR count). The average molecular weight is 213 g/mol. The second-order valence-corrected chi connectivity index (χ2v) is 3.19. The number of benzene rings is 1. The Labute approximate surface area is 86.7 Å². The molecule has 0 saturated carbocycles. The minimum absolute atomic E-state index is 0.0417. The molecule has 0 bridgehead atoms. The van der Waals surface area contributed by atoms with Crippen molar-refractivity contribution in [2.45, 2.75) is 6.42 Å². The maximum absolute atomic E-state index is 11.3. The lowest BCUT2D eigenvalue weighted by atomic mass is 10.1. The minimum Gasteiger partial charge on any atom is -0.293 e. The van der Waals surface area contributed by atoms with Gasteiger partial charge in [-0.15, -0.1) is 6.42 Å². The molecule has 0 saturated heterocycles. The van der Waals surface area contributed by atoms with Crippen LogP contribution >= 0.6 is 23.2 Å². The predicted octanol–water partition coefficient (Wildman–Crippen LogP) is 3.20. The Morgan fingerprint density at radius 1 is 1.46 bits per heavy atom. The van der Waals surface area contributed by atoms with Crippen molar-refractivity contribution in [1.29, 1.82) is 0 Å². The Morgan fingerprint density at radius 3 is 2.77 bits per heavy atom. The van der Waals surface area contributed by atoms with Gasteiger partial charge in [-0.1, -0.05) is 35.2 Å². The van der Waals surface area contributed by atoms with Crippen molar-refractivity contribution in [2.24, 2.45) is 0 Å². The highest BCUT2D eigenvalue weighted by Crippen LogP contribution is 2.26. The number of ketones is 1. The van der Waals surface area contributed by atoms with Gasteiger partial charge in [-0.25, -0.2) is 0 Å². The van der Waals surface area contributed by atoms with Crippen molar-refractivity contribution in [3.8, 4) is 12.3 Å². The highest BCUT2D eigenvalue weighted by Gasteiger charge is 2.10. The number of terminal acetylenes is 1. The molecule has 0 fully saturated rings. The van der Waals surface area contributed by atoms with E-state index in [1.807, 2.05) is 0 Å². The molecule has 0 spiro atoms. The lowest BCUT2D eigenvalue weighted by Gasteiger charge is -2.01. The van der Waals surface area contributed by atoms with Gasteiger partial charge in [-0.3, -0.25) is 4.79 Å². The zero-order valence-corrected chi connectivity index (χ0v) is 8.19. The van der Waals surface area contributed by atoms with E-state index in [-0.39, 0.29) is 17.2 Å². The van der Waals surface area contributed by atoms with Crippen molar-refractivity contribution >= 4 is 29.0 Å². The summed E-state index contributed by atoms with van der Waals surface area (Å²) in [4.78, 5) is 11.3. The average Bonchev–Trinajstić information content (AvgIpc) is 2.10. The van der Waals surface area contributed by atoms with E-state index in [9.17, 15) is 4.79 Å². The second-order valence-electron chi connectivity index (χ2n) is 2.41. The largest absolute Gasteiger partial charge is 0.293 e. The van der Waals surface area contributed by atoms with Crippen LogP contribution in [0.15, 0.2) is 18.2 Å². The first-order valence-corrected chi connectivity index (χ1v) is 4.33. The van der Waals surface area contributed by atoms with E-state index in [1.54, 1.807) is 18.2 Å². The molecule has 0 aliphatic rings. The van der Waals surface area contributed by atoms with Crippen molar-refractivity contribution in [1.82, 2.24) is 0 Å². The van der Waals surface area contributed by atoms with Gasteiger partial charge < -0.3 is 0 Å². The highest BCUT2D eigenvalue weighted by molar-refractivity contribution is 6.43. The molecular formula is C10H6Cl2O. The van der Waals surface area contributed by atoms with Gasteiger partial charge in [-0.2, -0.15) is 0 Å². The summed E-state index contributed by atoms with van der Waals surface area (Å²) in [6.45, 7) is 0. The monoisotopic (exact) mass is 212 g/mol. The van der Waals surface area contributed by atoms with Crippen molar-refractivity contribution in [3.05, 3.63) is 33.8 Å². The van der Waals surface area contributed by atoms with E-state index in [0.29, 0.717) is 10.6 Å². The molecule has 1 nitrogen and oxygen atoms in total. The molecule has 0 heterocycles. The minimum atomic E-state index is -0.185. The summed E-state index contributed by atoms with van der Waals surface area (Å²) in [5, 5.41) is 0.633. The summed E-state index contributed by atoms with van der Waals surface area (Å²) in [6, 6.07) is 4.89. The fourth-order valence-electron chi connectivity index (χ4n) is 0.907. The van der Waals surface area contributed by atoms with Crippen LogP contribution in [-0.2, 0) is 0 Å². The smallest absolute Gasteiger partial charge is 0.176 e. The Bertz CT molecular complexity index is 377. The first kappa shape index (κ1) is 10.1. The van der Waals surface area contributed by atoms with E-state index < -0.39 is 0 Å². The maximum atomic E-state index is 11.3. The van der Waals surface area contributed by atoms with Gasteiger partial charge in [0.2, 0.25) is 0 Å². The van der Waals surface area contributed by atoms with Crippen molar-refractivity contribution in [3.63, 3.8) is 0 Å². The van der Waals surface area contributed by atoms with Gasteiger partial charge in [0.25, 0.3) is 0 Å². The van der Waals surface area contributed by atoms with Crippen molar-refractivity contribution in [2.75, 3.05) is 0 Å². The summed E-state index contributed by atoms with van der Waals surface area (Å²) in [6.07, 6.45) is 5.05. The molecule has 1 aromatic carbocycles. The van der Waals surface area contributed by atoms with E-state index in [2.05, 4.69) is 5.92 Å². The summed E-state index contributed by atoms with van der Waals surface area (Å²) in [7, 11) is 0. The lowest BCUT2D eigenvalue weighted by Crippen LogP contribution is -1.98. The fraction of sp³-hybridized carbons (Fsp3) is 0.100. The molecule has 0 unspecified atom stereocenters. The van der Waals surface area contributed by atoms with Crippen LogP contribution in [0.4, 0.5) is 0 Å². The first-order valence-electron chi connectivity index (χ1n) is 3.57. The number of halogens is 2. The van der Waals surface area contributed by atoms with Crippen LogP contribution < -0.4 is 0 Å². The quantitative estimate of drug-likeness (QED) is 0.544. The molecule has 3 heteroatoms. The van der Waals surface area contributed by atoms with Crippen LogP contribution in [-0.4, -0.2) is 5.78 Å². The van der Waals surface area contributed by atoms with Crippen molar-refractivity contribution < 1.29 is 4.79 Å². The van der Waals surface area contributed by atoms with Crippen LogP contribution in [0.5, 0.6) is 0 Å². The lowest BCUT2D eigenvalue weighted by molar-refractivity contribution is 0.0998. The van der Waals surface area contributed by atoms with Gasteiger partial charge in [0.15, 0.2) is 5.78 Å². The molecule has 0 amide bonds. The third-order valence-electron chi connectivity index (χ3n) is 1.51. The summed E-state index contributed by atoms with van der Waals surface area (Å²) in [5.74, 6) is 2.08. The van der Waals surface area contributed by atoms with Crippen LogP contribution in [0.1, 0.15) is 16.8 Å². The number of carbonyl (C=O) groups excluding carboxylic acids is 1. The third kappa shape index (κ3) is 2.24. The van der Waals surface area contributed by atoms with Crippen LogP contribution in [0, 0.1) is 12.3 Å². The normalized spacial score (nSPS) is 9.31. The molecule has 13 heavy (non-hydrogen) atoms. The maximum Gasteiger partial charge on any atom is 0.176 e. The van der Waals surface area contributed by atoms with Gasteiger partial charge in [0, 0.05) is 5.56 Å². The Morgan fingerprint density at radius 2 is 2.15 bits per heavy atom. The summed E-state index contributed by atoms with van der Waals surface area (Å²) < 4.78 is 0. The zero-order valence-electron chi connectivity index (χ0n) is 6.68. The molecular weight excluding hydrogens is 207 g/mol. The number of rotatable bonds is 2. The first-order chi connectivity index (χ1) is 6.16. The number of carbonyl (C=O) groups is 1. The van der Waals surface area contributed by atoms with Crippen LogP contribution in [0.2, 0.25) is 10.0 Å². The molecule has 0 atom stereocenters. The highest BCUT2D eigenvalue weighted by atomic mass is 35.5. The zero-order chi connectivity index (χ0) is 9.84. The number of hydrogen-bond donors (Lipinski definition) is 0. The number of Topliss-reactive ketones (excluding diaryl/α,β-unsaturated/α-hetero) is 1. The van der Waals surface area contributed by atoms with Gasteiger partial charge in [0.05, 0.1) is 16.5 Å². The van der Waals surface area contributed by atoms with Crippen LogP contribution in [0.3, 0.4) is 0 Å². The molecule has 0 N–H and O–H groups in total. The van der Waals surface area contributed by atoms with Gasteiger partial charge >= 0.3 is 0 Å². The Kier molecular flexibility index (Phi) is 3.36. The summed E-state index contributed by atoms with van der Waals surface area (Å²) in [5.41, 5.74) is 0.382. The molecule has 66 valence electrons. The third-order valence-corrected chi connectivity index (χ3v) is 2.33. The van der Waals surface area contributed by atoms with E-state index in [0.717, 1.165) is 0 Å². The van der Waals surface area contributed by atoms with Crippen LogP contribution in [0.25, 0.3) is 0 Å². The van der Waals surface area contributed by atoms with Gasteiger partial charge in [0.1, 0.15) is 0 Å². The fourth-order valence-corrected chi connectivity index (χ4v) is 1.31. The standard InChI is InChI=1S/C10H6Cl2O/c1-2-4-9(13)7-5-3-6-8(11)10(7)12/h1,3,5-6H,4H2. The molecule has 0 radical (unpaired) electrons. The topological polar surface area (TPSA) is 17.1 Å². The molecule has 0 aliphatic heterocycles. The molecule has 1 aromatic rings. The Hall–Kier alpha value is -0.970. The molecule has 0 aliphatic carbocycles. The van der Waals surface area contributed by atoms with Gasteiger partial charge in [-0.05, 0) is 12.1 Å². The SMILES string of the molecule is C#CCC(=O)c1cccc(Cl)c1Cl. The van der Waals surface area contributed by atoms with E-state index >= 15 is 0 Å². The summed E-state index contributed by atoms with van der Waals surface area (Å²) >= 11 is 11.5. The number of hydrogen-bond acceptors (Lipinski definition) is 1. The van der Waals surface area contributed by atoms with E-state index in [4.69, 9.17) is 29.6 Å². The molecule has 0 aromatic heterocycles.